The third kappa shape index (κ3) is 5.14. The lowest BCUT2D eigenvalue weighted by Crippen LogP contribution is -2.26. The highest BCUT2D eigenvalue weighted by Crippen LogP contribution is 2.21. The van der Waals surface area contributed by atoms with E-state index in [1.54, 1.807) is 0 Å². The lowest BCUT2D eigenvalue weighted by atomic mass is 9.96. The summed E-state index contributed by atoms with van der Waals surface area (Å²) in [6.07, 6.45) is 2.65. The van der Waals surface area contributed by atoms with E-state index >= 15 is 0 Å². The summed E-state index contributed by atoms with van der Waals surface area (Å²) in [5.41, 5.74) is 2.49. The van der Waals surface area contributed by atoms with Gasteiger partial charge in [0, 0.05) is 0 Å². The van der Waals surface area contributed by atoms with Gasteiger partial charge in [0.05, 0.1) is 18.8 Å². The monoisotopic (exact) mass is 280 g/mol. The van der Waals surface area contributed by atoms with Crippen LogP contribution in [0, 0.1) is 0 Å². The van der Waals surface area contributed by atoms with Gasteiger partial charge in [0.15, 0.2) is 0 Å². The summed E-state index contributed by atoms with van der Waals surface area (Å²) in [5, 5.41) is 19.7. The van der Waals surface area contributed by atoms with Crippen LogP contribution in [-0.4, -0.2) is 29.0 Å². The molecule has 0 bridgehead atoms. The van der Waals surface area contributed by atoms with E-state index in [-0.39, 0.29) is 0 Å². The van der Waals surface area contributed by atoms with E-state index in [2.05, 4.69) is 19.1 Å². The fraction of sp³-hybridized carbons (Fsp3) is 0.647. The number of ether oxygens (including phenoxy) is 1. The molecule has 0 aliphatic heterocycles. The average molecular weight is 280 g/mol. The number of aliphatic hydroxyl groups excluding tert-OH is 2. The molecular weight excluding hydrogens is 252 g/mol. The lowest BCUT2D eigenvalue weighted by molar-refractivity contribution is 0.00978. The summed E-state index contributed by atoms with van der Waals surface area (Å²) in [6.45, 7) is 6.78. The molecule has 20 heavy (non-hydrogen) atoms. The Morgan fingerprint density at radius 3 is 2.30 bits per heavy atom. The van der Waals surface area contributed by atoms with Crippen LogP contribution in [0.15, 0.2) is 18.2 Å². The van der Waals surface area contributed by atoms with Crippen LogP contribution >= 0.6 is 0 Å². The summed E-state index contributed by atoms with van der Waals surface area (Å²) in [7, 11) is 0. The first kappa shape index (κ1) is 17.0. The van der Waals surface area contributed by atoms with Gasteiger partial charge < -0.3 is 14.9 Å². The number of benzene rings is 1. The zero-order valence-electron chi connectivity index (χ0n) is 12.9. The smallest absolute Gasteiger partial charge is 0.119 e. The van der Waals surface area contributed by atoms with Crippen molar-refractivity contribution in [2.24, 2.45) is 0 Å². The molecule has 0 saturated carbocycles. The topological polar surface area (TPSA) is 49.7 Å². The van der Waals surface area contributed by atoms with E-state index in [0.717, 1.165) is 25.0 Å². The van der Waals surface area contributed by atoms with Crippen LogP contribution in [0.2, 0.25) is 0 Å². The molecule has 1 aromatic rings. The Bertz CT molecular complexity index is 390. The second-order valence-corrected chi connectivity index (χ2v) is 5.18. The highest BCUT2D eigenvalue weighted by Gasteiger charge is 2.15. The molecule has 0 spiro atoms. The van der Waals surface area contributed by atoms with Crippen molar-refractivity contribution in [1.82, 2.24) is 0 Å². The molecule has 114 valence electrons. The molecule has 1 aromatic carbocycles. The summed E-state index contributed by atoms with van der Waals surface area (Å²) >= 11 is 0. The predicted octanol–water partition coefficient (Wildman–Crippen LogP) is 3.10. The number of aryl methyl sites for hydroxylation is 2. The van der Waals surface area contributed by atoms with Gasteiger partial charge in [0.25, 0.3) is 0 Å². The maximum Gasteiger partial charge on any atom is 0.119 e. The largest absolute Gasteiger partial charge is 0.494 e. The lowest BCUT2D eigenvalue weighted by Gasteiger charge is -2.18. The van der Waals surface area contributed by atoms with Crippen LogP contribution < -0.4 is 4.74 Å². The molecule has 3 nitrogen and oxygen atoms in total. The van der Waals surface area contributed by atoms with Gasteiger partial charge in [0.2, 0.25) is 0 Å². The van der Waals surface area contributed by atoms with Crippen molar-refractivity contribution in [2.75, 3.05) is 6.61 Å². The Morgan fingerprint density at radius 2 is 1.70 bits per heavy atom. The molecule has 2 atom stereocenters. The normalized spacial score (nSPS) is 14.1. The Kier molecular flexibility index (Phi) is 7.63. The number of rotatable bonds is 9. The molecule has 0 saturated heterocycles. The molecule has 1 rings (SSSR count). The third-order valence-corrected chi connectivity index (χ3v) is 3.61. The van der Waals surface area contributed by atoms with E-state index in [9.17, 15) is 10.2 Å². The zero-order chi connectivity index (χ0) is 15.0. The summed E-state index contributed by atoms with van der Waals surface area (Å²) in [6, 6.07) is 6.13. The second-order valence-electron chi connectivity index (χ2n) is 5.18. The molecule has 0 aliphatic carbocycles. The van der Waals surface area contributed by atoms with Gasteiger partial charge in [-0.3, -0.25) is 0 Å². The van der Waals surface area contributed by atoms with Gasteiger partial charge in [-0.1, -0.05) is 26.3 Å². The van der Waals surface area contributed by atoms with Crippen molar-refractivity contribution in [3.05, 3.63) is 29.3 Å². The Hall–Kier alpha value is -1.06. The van der Waals surface area contributed by atoms with Crippen LogP contribution in [0.5, 0.6) is 5.75 Å². The van der Waals surface area contributed by atoms with Gasteiger partial charge in [-0.15, -0.1) is 0 Å². The van der Waals surface area contributed by atoms with E-state index in [4.69, 9.17) is 4.74 Å². The van der Waals surface area contributed by atoms with Crippen LogP contribution in [0.1, 0.15) is 51.2 Å². The van der Waals surface area contributed by atoms with Crippen molar-refractivity contribution < 1.29 is 14.9 Å². The number of hydrogen-bond donors (Lipinski definition) is 2. The third-order valence-electron chi connectivity index (χ3n) is 3.61. The minimum atomic E-state index is -0.633. The van der Waals surface area contributed by atoms with Crippen molar-refractivity contribution >= 4 is 0 Å². The van der Waals surface area contributed by atoms with Gasteiger partial charge >= 0.3 is 0 Å². The second kappa shape index (κ2) is 8.98. The minimum Gasteiger partial charge on any atom is -0.494 e. The molecule has 0 radical (unpaired) electrons. The molecule has 0 aromatic heterocycles. The first-order valence-electron chi connectivity index (χ1n) is 7.73. The van der Waals surface area contributed by atoms with Crippen LogP contribution in [-0.2, 0) is 12.8 Å². The maximum atomic E-state index is 9.94. The highest BCUT2D eigenvalue weighted by atomic mass is 16.5. The minimum absolute atomic E-state index is 0.599. The number of hydrogen-bond acceptors (Lipinski definition) is 3. The molecule has 0 fully saturated rings. The highest BCUT2D eigenvalue weighted by molar-refractivity contribution is 5.36. The van der Waals surface area contributed by atoms with Crippen LogP contribution in [0.4, 0.5) is 0 Å². The Morgan fingerprint density at radius 1 is 1.00 bits per heavy atom. The average Bonchev–Trinajstić information content (AvgIpc) is 2.45. The fourth-order valence-corrected chi connectivity index (χ4v) is 2.42. The van der Waals surface area contributed by atoms with Crippen molar-refractivity contribution in [3.8, 4) is 5.75 Å². The van der Waals surface area contributed by atoms with Crippen molar-refractivity contribution in [1.29, 1.82) is 0 Å². The summed E-state index contributed by atoms with van der Waals surface area (Å²) in [4.78, 5) is 0. The predicted molar refractivity (Wildman–Crippen MR) is 82.2 cm³/mol. The quantitative estimate of drug-likeness (QED) is 0.731. The van der Waals surface area contributed by atoms with Gasteiger partial charge in [-0.05, 0) is 55.9 Å². The Labute approximate surface area is 122 Å². The molecule has 0 heterocycles. The summed E-state index contributed by atoms with van der Waals surface area (Å²) < 4.78 is 5.51. The van der Waals surface area contributed by atoms with E-state index in [0.29, 0.717) is 19.4 Å². The van der Waals surface area contributed by atoms with E-state index in [1.165, 1.54) is 11.1 Å². The fourth-order valence-electron chi connectivity index (χ4n) is 2.42. The van der Waals surface area contributed by atoms with Crippen molar-refractivity contribution in [2.45, 2.75) is 65.1 Å². The SMILES string of the molecule is CCCC(O)C(O)CCc1ccc(OCC)cc1CC. The molecular formula is C17H28O3. The molecule has 2 unspecified atom stereocenters. The molecule has 2 N–H and O–H groups in total. The zero-order valence-corrected chi connectivity index (χ0v) is 12.9. The van der Waals surface area contributed by atoms with Crippen LogP contribution in [0.3, 0.4) is 0 Å². The summed E-state index contributed by atoms with van der Waals surface area (Å²) in [5.74, 6) is 0.902. The van der Waals surface area contributed by atoms with Gasteiger partial charge in [0.1, 0.15) is 5.75 Å². The van der Waals surface area contributed by atoms with E-state index in [1.807, 2.05) is 19.9 Å². The van der Waals surface area contributed by atoms with E-state index < -0.39 is 12.2 Å². The maximum absolute atomic E-state index is 9.94. The standard InChI is InChI=1S/C17H28O3/c1-4-7-16(18)17(19)11-9-14-8-10-15(20-6-3)12-13(14)5-2/h8,10,12,16-19H,4-7,9,11H2,1-3H3. The first-order valence-corrected chi connectivity index (χ1v) is 7.73. The van der Waals surface area contributed by atoms with Crippen molar-refractivity contribution in [3.63, 3.8) is 0 Å². The Balaban J connectivity index is 2.63. The van der Waals surface area contributed by atoms with Crippen LogP contribution in [0.25, 0.3) is 0 Å². The molecule has 0 amide bonds. The van der Waals surface area contributed by atoms with Gasteiger partial charge in [-0.25, -0.2) is 0 Å². The van der Waals surface area contributed by atoms with Gasteiger partial charge in [-0.2, -0.15) is 0 Å². The molecule has 3 heteroatoms. The first-order chi connectivity index (χ1) is 9.62. The molecule has 0 aliphatic rings. The number of aliphatic hydroxyl groups is 2.